The van der Waals surface area contributed by atoms with Crippen LogP contribution in [0.15, 0.2) is 0 Å². The van der Waals surface area contributed by atoms with E-state index >= 15 is 0 Å². The first-order chi connectivity index (χ1) is 16.9. The second-order valence-corrected chi connectivity index (χ2v) is 12.4. The van der Waals surface area contributed by atoms with Crippen LogP contribution in [0.1, 0.15) is 52.9 Å². The van der Waals surface area contributed by atoms with E-state index in [9.17, 15) is 4.79 Å². The van der Waals surface area contributed by atoms with Gasteiger partial charge in [0.2, 0.25) is 0 Å². The number of likely N-dealkylation sites (tertiary alicyclic amines) is 1. The third-order valence-corrected chi connectivity index (χ3v) is 11.8. The molecule has 0 N–H and O–H groups in total. The lowest BCUT2D eigenvalue weighted by molar-refractivity contribution is -0.286. The van der Waals surface area contributed by atoms with E-state index in [1.807, 2.05) is 21.3 Å². The monoisotopic (exact) mass is 491 g/mol. The standard InChI is InChI=1S/C28H45NO6/c1-7-29-14-26(15-31-4)10-9-22(33-6)28-18-11-17-20(32-5)13-27(34-8-2,19(25(28)29)12-21(26)28)23(18)24(17)35-16(3)30/h17-25H,7-15H2,1-6H3/t17-,18-,19+,20+,21-,22?,23-,24+,25-,26+,27+,28?/m1/s1. The zero-order valence-electron chi connectivity index (χ0n) is 22.5. The average Bonchev–Trinajstić information content (AvgIpc) is 3.26. The molecular formula is C28H45NO6. The van der Waals surface area contributed by atoms with Crippen LogP contribution in [0.5, 0.6) is 0 Å². The summed E-state index contributed by atoms with van der Waals surface area (Å²) >= 11 is 0. The number of esters is 1. The summed E-state index contributed by atoms with van der Waals surface area (Å²) < 4.78 is 31.8. The van der Waals surface area contributed by atoms with Crippen LogP contribution in [0.2, 0.25) is 0 Å². The maximum atomic E-state index is 12.4. The molecule has 0 aromatic heterocycles. The molecule has 7 heteroatoms. The molecule has 1 spiro atoms. The molecule has 1 heterocycles. The molecule has 0 aromatic carbocycles. The van der Waals surface area contributed by atoms with Crippen molar-refractivity contribution in [1.82, 2.24) is 4.90 Å². The Kier molecular flexibility index (Phi) is 5.89. The van der Waals surface area contributed by atoms with Crippen LogP contribution >= 0.6 is 0 Å². The molecule has 0 amide bonds. The van der Waals surface area contributed by atoms with E-state index in [0.717, 1.165) is 51.8 Å². The molecule has 1 aliphatic heterocycles. The average molecular weight is 492 g/mol. The summed E-state index contributed by atoms with van der Waals surface area (Å²) in [6.07, 6.45) is 5.42. The summed E-state index contributed by atoms with van der Waals surface area (Å²) in [4.78, 5) is 15.2. The summed E-state index contributed by atoms with van der Waals surface area (Å²) in [6, 6.07) is 0.424. The van der Waals surface area contributed by atoms with E-state index in [1.165, 1.54) is 0 Å². The van der Waals surface area contributed by atoms with Crippen LogP contribution < -0.4 is 0 Å². The van der Waals surface area contributed by atoms with E-state index < -0.39 is 0 Å². The molecule has 1 saturated heterocycles. The van der Waals surface area contributed by atoms with Crippen molar-refractivity contribution in [3.8, 4) is 0 Å². The van der Waals surface area contributed by atoms with Crippen molar-refractivity contribution in [2.24, 2.45) is 40.4 Å². The molecule has 6 aliphatic rings. The summed E-state index contributed by atoms with van der Waals surface area (Å²) in [5.41, 5.74) is -0.159. The highest BCUT2D eigenvalue weighted by atomic mass is 16.6. The Bertz CT molecular complexity index is 853. The van der Waals surface area contributed by atoms with Gasteiger partial charge < -0.3 is 23.7 Å². The molecule has 7 bridgehead atoms. The smallest absolute Gasteiger partial charge is 0.302 e. The van der Waals surface area contributed by atoms with Crippen molar-refractivity contribution < 1.29 is 28.5 Å². The third kappa shape index (κ3) is 2.83. The predicted octanol–water partition coefficient (Wildman–Crippen LogP) is 3.15. The molecule has 5 saturated carbocycles. The molecule has 12 atom stereocenters. The van der Waals surface area contributed by atoms with Crippen molar-refractivity contribution in [2.75, 3.05) is 47.6 Å². The lowest BCUT2D eigenvalue weighted by Crippen LogP contribution is -2.76. The maximum Gasteiger partial charge on any atom is 0.302 e. The fourth-order valence-corrected chi connectivity index (χ4v) is 11.5. The second-order valence-electron chi connectivity index (χ2n) is 12.4. The van der Waals surface area contributed by atoms with Gasteiger partial charge in [-0.25, -0.2) is 0 Å². The molecule has 0 aromatic rings. The number of hydrogen-bond acceptors (Lipinski definition) is 7. The fraction of sp³-hybridized carbons (Fsp3) is 0.964. The van der Waals surface area contributed by atoms with Crippen molar-refractivity contribution in [1.29, 1.82) is 0 Å². The molecule has 6 rings (SSSR count). The quantitative estimate of drug-likeness (QED) is 0.483. The van der Waals surface area contributed by atoms with Crippen LogP contribution in [0.25, 0.3) is 0 Å². The van der Waals surface area contributed by atoms with Gasteiger partial charge in [-0.2, -0.15) is 0 Å². The Morgan fingerprint density at radius 3 is 2.51 bits per heavy atom. The lowest BCUT2D eigenvalue weighted by atomic mass is 9.43. The first-order valence-electron chi connectivity index (χ1n) is 14.0. The van der Waals surface area contributed by atoms with Crippen LogP contribution in [0.4, 0.5) is 0 Å². The minimum atomic E-state index is -0.338. The fourth-order valence-electron chi connectivity index (χ4n) is 11.5. The Morgan fingerprint density at radius 2 is 1.89 bits per heavy atom. The number of methoxy groups -OCH3 is 3. The van der Waals surface area contributed by atoms with E-state index in [-0.39, 0.29) is 52.5 Å². The van der Waals surface area contributed by atoms with E-state index in [0.29, 0.717) is 30.4 Å². The number of carbonyl (C=O) groups is 1. The number of carbonyl (C=O) groups excluding carboxylic acids is 1. The Morgan fingerprint density at radius 1 is 1.09 bits per heavy atom. The predicted molar refractivity (Wildman–Crippen MR) is 130 cm³/mol. The molecule has 35 heavy (non-hydrogen) atoms. The summed E-state index contributed by atoms with van der Waals surface area (Å²) in [6.45, 7) is 9.61. The van der Waals surface area contributed by atoms with Crippen molar-refractivity contribution in [3.63, 3.8) is 0 Å². The van der Waals surface area contributed by atoms with Gasteiger partial charge >= 0.3 is 5.97 Å². The first-order valence-corrected chi connectivity index (χ1v) is 14.0. The molecule has 198 valence electrons. The van der Waals surface area contributed by atoms with Gasteiger partial charge in [0.05, 0.1) is 24.4 Å². The van der Waals surface area contributed by atoms with Crippen molar-refractivity contribution >= 4 is 5.97 Å². The molecule has 5 aliphatic carbocycles. The van der Waals surface area contributed by atoms with Gasteiger partial charge in [0.1, 0.15) is 6.10 Å². The Labute approximate surface area is 210 Å². The second kappa shape index (κ2) is 8.39. The topological polar surface area (TPSA) is 66.5 Å². The van der Waals surface area contributed by atoms with Gasteiger partial charge in [0.15, 0.2) is 0 Å². The highest BCUT2D eigenvalue weighted by molar-refractivity contribution is 5.66. The van der Waals surface area contributed by atoms with Gasteiger partial charge in [0.25, 0.3) is 0 Å². The first kappa shape index (κ1) is 24.6. The number of rotatable bonds is 8. The van der Waals surface area contributed by atoms with Crippen LogP contribution in [-0.2, 0) is 28.5 Å². The van der Waals surface area contributed by atoms with E-state index in [2.05, 4.69) is 18.7 Å². The highest BCUT2D eigenvalue weighted by Crippen LogP contribution is 2.79. The van der Waals surface area contributed by atoms with Crippen LogP contribution in [0.3, 0.4) is 0 Å². The third-order valence-electron chi connectivity index (χ3n) is 11.8. The molecule has 7 nitrogen and oxygen atoms in total. The molecule has 0 radical (unpaired) electrons. The Hall–Kier alpha value is -0.730. The van der Waals surface area contributed by atoms with Crippen LogP contribution in [-0.4, -0.2) is 88.5 Å². The SMILES string of the molecule is CCO[C@]12C[C@H](OC)[C@H]3C[C@H]([C@@H]1[C@H]3OC(C)=O)C13C(OC)CC[C@@]4(COC)CN(CC)[C@@H]1[C@@H]2C[C@@H]34. The van der Waals surface area contributed by atoms with Gasteiger partial charge in [-0.3, -0.25) is 9.69 Å². The number of fused-ring (bicyclic) bond motifs is 2. The number of nitrogens with zero attached hydrogens (tertiary/aromatic N) is 1. The Balaban J connectivity index is 1.59. The summed E-state index contributed by atoms with van der Waals surface area (Å²) in [5.74, 6) is 1.52. The molecular weight excluding hydrogens is 446 g/mol. The van der Waals surface area contributed by atoms with Gasteiger partial charge in [-0.1, -0.05) is 6.92 Å². The number of ether oxygens (including phenoxy) is 5. The largest absolute Gasteiger partial charge is 0.462 e. The van der Waals surface area contributed by atoms with Gasteiger partial charge in [0, 0.05) is 82.5 Å². The van der Waals surface area contributed by atoms with Crippen molar-refractivity contribution in [2.45, 2.75) is 82.8 Å². The molecule has 6 fully saturated rings. The van der Waals surface area contributed by atoms with E-state index in [4.69, 9.17) is 23.7 Å². The zero-order valence-corrected chi connectivity index (χ0v) is 22.5. The minimum absolute atomic E-state index is 0.0332. The number of piperidine rings is 1. The maximum absolute atomic E-state index is 12.4. The van der Waals surface area contributed by atoms with Crippen molar-refractivity contribution in [3.05, 3.63) is 0 Å². The lowest BCUT2D eigenvalue weighted by Gasteiger charge is -2.70. The molecule has 2 unspecified atom stereocenters. The van der Waals surface area contributed by atoms with Gasteiger partial charge in [-0.05, 0) is 51.0 Å². The van der Waals surface area contributed by atoms with Crippen LogP contribution in [0, 0.1) is 40.4 Å². The summed E-state index contributed by atoms with van der Waals surface area (Å²) in [5, 5.41) is 0. The van der Waals surface area contributed by atoms with E-state index in [1.54, 1.807) is 6.92 Å². The normalized spacial score (nSPS) is 53.6. The number of hydrogen-bond donors (Lipinski definition) is 0. The summed E-state index contributed by atoms with van der Waals surface area (Å²) in [7, 11) is 5.62. The van der Waals surface area contributed by atoms with Gasteiger partial charge in [-0.15, -0.1) is 0 Å². The zero-order chi connectivity index (χ0) is 24.8. The highest BCUT2D eigenvalue weighted by Gasteiger charge is 2.84. The minimum Gasteiger partial charge on any atom is -0.462 e.